The molecule has 0 saturated carbocycles. The molecule has 150 valence electrons. The molecular weight excluding hydrogens is 372 g/mol. The van der Waals surface area contributed by atoms with Crippen LogP contribution in [0, 0.1) is 13.8 Å². The molecule has 0 amide bonds. The SMILES string of the molecule is COCOc1c(C)cc(C)cc1-c1ccccc1-c1cccnc1-c1ccccn1. The van der Waals surface area contributed by atoms with Crippen LogP contribution in [0.1, 0.15) is 11.1 Å². The zero-order chi connectivity index (χ0) is 20.9. The van der Waals surface area contributed by atoms with Crippen LogP contribution in [0.25, 0.3) is 33.6 Å². The van der Waals surface area contributed by atoms with Crippen LogP contribution >= 0.6 is 0 Å². The standard InChI is InChI=1S/C26H24N2O2/c1-18-15-19(2)26(30-17-29-3)23(16-18)21-10-5-4-9-20(21)22-11-8-14-28-25(22)24-12-6-7-13-27-24/h4-16H,17H2,1-3H3. The number of benzene rings is 2. The summed E-state index contributed by atoms with van der Waals surface area (Å²) in [4.78, 5) is 9.17. The lowest BCUT2D eigenvalue weighted by Gasteiger charge is -2.18. The van der Waals surface area contributed by atoms with Gasteiger partial charge in [-0.3, -0.25) is 9.97 Å². The van der Waals surface area contributed by atoms with Crippen LogP contribution in [-0.4, -0.2) is 23.9 Å². The molecule has 2 heterocycles. The Morgan fingerprint density at radius 2 is 1.43 bits per heavy atom. The van der Waals surface area contributed by atoms with Gasteiger partial charge in [-0.15, -0.1) is 0 Å². The molecule has 0 aliphatic rings. The highest BCUT2D eigenvalue weighted by molar-refractivity contribution is 5.91. The summed E-state index contributed by atoms with van der Waals surface area (Å²) in [6.45, 7) is 4.36. The molecule has 0 aliphatic heterocycles. The summed E-state index contributed by atoms with van der Waals surface area (Å²) in [6, 6.07) is 22.6. The van der Waals surface area contributed by atoms with E-state index in [9.17, 15) is 0 Å². The van der Waals surface area contributed by atoms with Gasteiger partial charge in [0.15, 0.2) is 6.79 Å². The molecule has 0 fully saturated rings. The van der Waals surface area contributed by atoms with Crippen LogP contribution in [0.15, 0.2) is 79.1 Å². The molecule has 4 rings (SSSR count). The summed E-state index contributed by atoms with van der Waals surface area (Å²) < 4.78 is 11.2. The van der Waals surface area contributed by atoms with E-state index in [1.165, 1.54) is 5.56 Å². The summed E-state index contributed by atoms with van der Waals surface area (Å²) in [5.41, 5.74) is 8.19. The van der Waals surface area contributed by atoms with Crippen molar-refractivity contribution in [3.63, 3.8) is 0 Å². The van der Waals surface area contributed by atoms with Crippen molar-refractivity contribution in [1.82, 2.24) is 9.97 Å². The highest BCUT2D eigenvalue weighted by Gasteiger charge is 2.17. The normalized spacial score (nSPS) is 10.8. The van der Waals surface area contributed by atoms with E-state index in [-0.39, 0.29) is 6.79 Å². The van der Waals surface area contributed by atoms with E-state index >= 15 is 0 Å². The fraction of sp³-hybridized carbons (Fsp3) is 0.154. The molecule has 30 heavy (non-hydrogen) atoms. The Hall–Kier alpha value is -3.50. The number of hydrogen-bond acceptors (Lipinski definition) is 4. The molecule has 0 aliphatic carbocycles. The smallest absolute Gasteiger partial charge is 0.188 e. The summed E-state index contributed by atoms with van der Waals surface area (Å²) in [5, 5.41) is 0. The van der Waals surface area contributed by atoms with E-state index in [4.69, 9.17) is 9.47 Å². The molecule has 0 N–H and O–H groups in total. The lowest BCUT2D eigenvalue weighted by atomic mass is 9.91. The molecule has 4 aromatic rings. The summed E-state index contributed by atoms with van der Waals surface area (Å²) in [6.07, 6.45) is 3.60. The second kappa shape index (κ2) is 8.89. The maximum Gasteiger partial charge on any atom is 0.188 e. The van der Waals surface area contributed by atoms with Gasteiger partial charge in [0.05, 0.1) is 11.4 Å². The van der Waals surface area contributed by atoms with Crippen molar-refractivity contribution >= 4 is 0 Å². The molecule has 2 aromatic heterocycles. The Balaban J connectivity index is 1.94. The first-order valence-electron chi connectivity index (χ1n) is 9.88. The van der Waals surface area contributed by atoms with Crippen LogP contribution in [0.2, 0.25) is 0 Å². The molecule has 0 unspecified atom stereocenters. The molecular formula is C26H24N2O2. The second-order valence-corrected chi connectivity index (χ2v) is 7.17. The van der Waals surface area contributed by atoms with Crippen molar-refractivity contribution in [2.45, 2.75) is 13.8 Å². The van der Waals surface area contributed by atoms with Crippen LogP contribution in [0.5, 0.6) is 5.75 Å². The van der Waals surface area contributed by atoms with Crippen LogP contribution < -0.4 is 4.74 Å². The van der Waals surface area contributed by atoms with Gasteiger partial charge in [-0.1, -0.05) is 42.5 Å². The maximum absolute atomic E-state index is 5.98. The fourth-order valence-electron chi connectivity index (χ4n) is 3.75. The Kier molecular flexibility index (Phi) is 5.87. The van der Waals surface area contributed by atoms with Crippen LogP contribution in [0.4, 0.5) is 0 Å². The number of aromatic nitrogens is 2. The van der Waals surface area contributed by atoms with E-state index in [0.29, 0.717) is 0 Å². The number of ether oxygens (including phenoxy) is 2. The zero-order valence-electron chi connectivity index (χ0n) is 17.4. The average molecular weight is 396 g/mol. The molecule has 4 heteroatoms. The van der Waals surface area contributed by atoms with Crippen molar-refractivity contribution in [2.24, 2.45) is 0 Å². The van der Waals surface area contributed by atoms with Gasteiger partial charge in [0.1, 0.15) is 5.75 Å². The highest BCUT2D eigenvalue weighted by Crippen LogP contribution is 2.41. The number of methoxy groups -OCH3 is 1. The lowest BCUT2D eigenvalue weighted by molar-refractivity contribution is 0.0510. The molecule has 2 aromatic carbocycles. The van der Waals surface area contributed by atoms with Gasteiger partial charge in [0, 0.05) is 30.6 Å². The molecule has 0 radical (unpaired) electrons. The van der Waals surface area contributed by atoms with Crippen molar-refractivity contribution in [1.29, 1.82) is 0 Å². The van der Waals surface area contributed by atoms with Gasteiger partial charge in [0.25, 0.3) is 0 Å². The number of rotatable bonds is 6. The molecule has 4 nitrogen and oxygen atoms in total. The summed E-state index contributed by atoms with van der Waals surface area (Å²) in [5.74, 6) is 0.832. The third kappa shape index (κ3) is 3.95. The van der Waals surface area contributed by atoms with Gasteiger partial charge >= 0.3 is 0 Å². The number of pyridine rings is 2. The van der Waals surface area contributed by atoms with E-state index in [1.807, 2.05) is 36.4 Å². The minimum atomic E-state index is 0.200. The van der Waals surface area contributed by atoms with Crippen molar-refractivity contribution < 1.29 is 9.47 Å². The van der Waals surface area contributed by atoms with Crippen molar-refractivity contribution in [3.05, 3.63) is 90.3 Å². The molecule has 0 spiro atoms. The number of aryl methyl sites for hydroxylation is 2. The number of nitrogens with zero attached hydrogens (tertiary/aromatic N) is 2. The fourth-order valence-corrected chi connectivity index (χ4v) is 3.75. The quantitative estimate of drug-likeness (QED) is 0.371. The van der Waals surface area contributed by atoms with Gasteiger partial charge < -0.3 is 9.47 Å². The third-order valence-corrected chi connectivity index (χ3v) is 4.96. The Morgan fingerprint density at radius 3 is 2.17 bits per heavy atom. The topological polar surface area (TPSA) is 44.2 Å². The number of hydrogen-bond donors (Lipinski definition) is 0. The lowest BCUT2D eigenvalue weighted by Crippen LogP contribution is -2.03. The first kappa shape index (κ1) is 19.8. The minimum absolute atomic E-state index is 0.200. The second-order valence-electron chi connectivity index (χ2n) is 7.17. The minimum Gasteiger partial charge on any atom is -0.467 e. The van der Waals surface area contributed by atoms with E-state index in [0.717, 1.165) is 45.0 Å². The Labute approximate surface area is 177 Å². The predicted octanol–water partition coefficient (Wildman–Crippen LogP) is 6.08. The predicted molar refractivity (Wildman–Crippen MR) is 120 cm³/mol. The van der Waals surface area contributed by atoms with E-state index in [2.05, 4.69) is 54.1 Å². The zero-order valence-corrected chi connectivity index (χ0v) is 17.4. The molecule has 0 saturated heterocycles. The molecule has 0 bridgehead atoms. The van der Waals surface area contributed by atoms with Crippen LogP contribution in [-0.2, 0) is 4.74 Å². The van der Waals surface area contributed by atoms with Crippen molar-refractivity contribution in [3.8, 4) is 39.4 Å². The van der Waals surface area contributed by atoms with Crippen LogP contribution in [0.3, 0.4) is 0 Å². The van der Waals surface area contributed by atoms with E-state index < -0.39 is 0 Å². The van der Waals surface area contributed by atoms with Gasteiger partial charge in [-0.25, -0.2) is 0 Å². The summed E-state index contributed by atoms with van der Waals surface area (Å²) >= 11 is 0. The highest BCUT2D eigenvalue weighted by atomic mass is 16.7. The summed E-state index contributed by atoms with van der Waals surface area (Å²) in [7, 11) is 1.63. The first-order valence-corrected chi connectivity index (χ1v) is 9.88. The van der Waals surface area contributed by atoms with Gasteiger partial charge in [-0.05, 0) is 60.4 Å². The third-order valence-electron chi connectivity index (χ3n) is 4.96. The van der Waals surface area contributed by atoms with Crippen molar-refractivity contribution in [2.75, 3.05) is 13.9 Å². The monoisotopic (exact) mass is 396 g/mol. The largest absolute Gasteiger partial charge is 0.467 e. The average Bonchev–Trinajstić information content (AvgIpc) is 2.79. The maximum atomic E-state index is 5.98. The first-order chi connectivity index (χ1) is 14.7. The van der Waals surface area contributed by atoms with Gasteiger partial charge in [-0.2, -0.15) is 0 Å². The molecule has 0 atom stereocenters. The van der Waals surface area contributed by atoms with Gasteiger partial charge in [0.2, 0.25) is 0 Å². The van der Waals surface area contributed by atoms with E-state index in [1.54, 1.807) is 19.5 Å². The Morgan fingerprint density at radius 1 is 0.733 bits per heavy atom. The Bertz CT molecular complexity index is 1160.